The number of esters is 2. The number of ether oxygens (including phenoxy) is 2. The SMILES string of the molecule is CC(=O)OCCN1/C(=C/C=C2\CC/C(=C\C=C3\[NH+](CCOC(C)=O)c4c(ccc5cc(S(=O)(=O)[O-])ccc45)C3(C)C)C2=[N+](c2ccccc2)c2ccccc2)C(C)(C)c2ccc3cc(S(=O)(=O)[O-])ccc3c21. The van der Waals surface area contributed by atoms with Crippen LogP contribution in [0, 0.1) is 0 Å². The Balaban J connectivity index is 1.23. The number of allylic oxidation sites excluding steroid dienone is 8. The summed E-state index contributed by atoms with van der Waals surface area (Å²) in [5.74, 6) is -0.812. The molecule has 6 aromatic carbocycles. The summed E-state index contributed by atoms with van der Waals surface area (Å²) in [5, 5.41) is 2.75. The van der Waals surface area contributed by atoms with Crippen LogP contribution in [-0.4, -0.2) is 69.9 Å². The topological polar surface area (TPSA) is 178 Å². The normalized spacial score (nSPS) is 19.4. The fraction of sp³-hybridized carbons (Fsp3) is 0.246. The van der Waals surface area contributed by atoms with E-state index in [1.807, 2.05) is 60.7 Å². The maximum atomic E-state index is 12.1. The third kappa shape index (κ3) is 9.46. The van der Waals surface area contributed by atoms with Gasteiger partial charge < -0.3 is 23.5 Å². The van der Waals surface area contributed by atoms with E-state index in [0.717, 1.165) is 77.8 Å². The van der Waals surface area contributed by atoms with Crippen molar-refractivity contribution < 1.29 is 49.9 Å². The van der Waals surface area contributed by atoms with Gasteiger partial charge in [0, 0.05) is 76.7 Å². The lowest BCUT2D eigenvalue weighted by molar-refractivity contribution is -0.788. The molecule has 1 atom stereocenters. The minimum Gasteiger partial charge on any atom is -0.744 e. The van der Waals surface area contributed by atoms with Crippen LogP contribution in [0.25, 0.3) is 21.5 Å². The highest BCUT2D eigenvalue weighted by Gasteiger charge is 2.47. The Hall–Kier alpha value is -7.01. The molecular weight excluding hydrogens is 951 g/mol. The zero-order valence-electron chi connectivity index (χ0n) is 40.9. The maximum absolute atomic E-state index is 12.1. The molecule has 1 N–H and O–H groups in total. The van der Waals surface area contributed by atoms with Crippen molar-refractivity contribution in [3.63, 3.8) is 0 Å². The molecule has 0 bridgehead atoms. The fourth-order valence-corrected chi connectivity index (χ4v) is 11.7. The van der Waals surface area contributed by atoms with Crippen LogP contribution in [0.4, 0.5) is 22.7 Å². The van der Waals surface area contributed by atoms with Gasteiger partial charge in [0.1, 0.15) is 51.4 Å². The number of carbonyl (C=O) groups is 2. The standard InChI is InChI=1S/C57H55N3O10S2/c1-37(61)69-33-31-58-51(56(3,4)49-27-19-41-35-45(71(63,64)65)23-25-47(41)54(49)58)29-21-39-17-18-40(53(39)60(43-13-9-7-10-14-43)44-15-11-8-12-16-44)22-30-52-57(5,6)50-28-20-42-36-46(72(66,67)68)24-26-48(42)55(50)59(52)32-34-70-38(2)62/h7-16,19-30,35-36H,17-18,31-34H2,1-6H3,(H-,63,64,65,66,67,68). The number of nitrogens with zero attached hydrogens (tertiary/aromatic N) is 2. The van der Waals surface area contributed by atoms with Crippen molar-refractivity contribution >= 4 is 82.2 Å². The average Bonchev–Trinajstić information content (AvgIpc) is 3.90. The summed E-state index contributed by atoms with van der Waals surface area (Å²) in [4.78, 5) is 26.6. The van der Waals surface area contributed by atoms with Crippen molar-refractivity contribution in [2.24, 2.45) is 0 Å². The number of hydrogen-bond donors (Lipinski definition) is 1. The maximum Gasteiger partial charge on any atom is 0.302 e. The van der Waals surface area contributed by atoms with Gasteiger partial charge in [0.05, 0.1) is 27.4 Å². The third-order valence-electron chi connectivity index (χ3n) is 14.1. The molecule has 15 heteroatoms. The molecule has 1 aliphatic carbocycles. The molecule has 3 aliphatic rings. The van der Waals surface area contributed by atoms with Gasteiger partial charge in [-0.1, -0.05) is 86.7 Å². The summed E-state index contributed by atoms with van der Waals surface area (Å²) < 4.78 is 85.8. The van der Waals surface area contributed by atoms with Gasteiger partial charge in [0.2, 0.25) is 17.1 Å². The Bertz CT molecular complexity index is 3360. The second kappa shape index (κ2) is 19.2. The zero-order valence-corrected chi connectivity index (χ0v) is 42.5. The van der Waals surface area contributed by atoms with Crippen LogP contribution in [0.3, 0.4) is 0 Å². The van der Waals surface area contributed by atoms with Gasteiger partial charge >= 0.3 is 11.9 Å². The zero-order chi connectivity index (χ0) is 51.3. The average molecular weight is 1010 g/mol. The van der Waals surface area contributed by atoms with Crippen molar-refractivity contribution in [2.75, 3.05) is 31.2 Å². The van der Waals surface area contributed by atoms with Gasteiger partial charge in [-0.05, 0) is 91.6 Å². The third-order valence-corrected chi connectivity index (χ3v) is 15.7. The summed E-state index contributed by atoms with van der Waals surface area (Å²) >= 11 is 0. The second-order valence-electron chi connectivity index (χ2n) is 19.3. The molecule has 0 aromatic heterocycles. The number of fused-ring (bicyclic) bond motifs is 6. The largest absolute Gasteiger partial charge is 0.744 e. The van der Waals surface area contributed by atoms with Crippen molar-refractivity contribution in [3.8, 4) is 0 Å². The van der Waals surface area contributed by atoms with E-state index in [1.54, 1.807) is 12.1 Å². The molecule has 9 rings (SSSR count). The lowest BCUT2D eigenvalue weighted by atomic mass is 9.82. The van der Waals surface area contributed by atoms with Crippen molar-refractivity contribution in [2.45, 2.75) is 75.0 Å². The van der Waals surface area contributed by atoms with E-state index in [9.17, 15) is 35.5 Å². The first kappa shape index (κ1) is 50.0. The van der Waals surface area contributed by atoms with Crippen LogP contribution < -0.4 is 14.4 Å². The first-order chi connectivity index (χ1) is 34.2. The molecule has 72 heavy (non-hydrogen) atoms. The van der Waals surface area contributed by atoms with Gasteiger partial charge in [0.25, 0.3) is 0 Å². The van der Waals surface area contributed by atoms with Crippen molar-refractivity contribution in [1.82, 2.24) is 4.58 Å². The Morgan fingerprint density at radius 3 is 1.71 bits per heavy atom. The van der Waals surface area contributed by atoms with Gasteiger partial charge in [-0.2, -0.15) is 4.58 Å². The highest BCUT2D eigenvalue weighted by atomic mass is 32.2. The predicted octanol–water partition coefficient (Wildman–Crippen LogP) is 8.92. The van der Waals surface area contributed by atoms with E-state index in [1.165, 1.54) is 38.1 Å². The number of quaternary nitrogens is 1. The first-order valence-electron chi connectivity index (χ1n) is 23.7. The van der Waals surface area contributed by atoms with Crippen molar-refractivity contribution in [1.29, 1.82) is 0 Å². The monoisotopic (exact) mass is 1010 g/mol. The molecule has 1 unspecified atom stereocenters. The summed E-state index contributed by atoms with van der Waals surface area (Å²) in [6, 6.07) is 36.9. The van der Waals surface area contributed by atoms with E-state index in [4.69, 9.17) is 9.47 Å². The lowest BCUT2D eigenvalue weighted by Gasteiger charge is -2.27. The second-order valence-corrected chi connectivity index (χ2v) is 22.1. The van der Waals surface area contributed by atoms with Crippen LogP contribution in [-0.2, 0) is 50.1 Å². The molecule has 2 heterocycles. The van der Waals surface area contributed by atoms with E-state index >= 15 is 0 Å². The van der Waals surface area contributed by atoms with Crippen LogP contribution in [0.15, 0.2) is 178 Å². The molecule has 370 valence electrons. The lowest BCUT2D eigenvalue weighted by Crippen LogP contribution is -3.05. The van der Waals surface area contributed by atoms with Gasteiger partial charge in [0.15, 0.2) is 0 Å². The van der Waals surface area contributed by atoms with Crippen molar-refractivity contribution in [3.05, 3.63) is 179 Å². The van der Waals surface area contributed by atoms with Crippen LogP contribution >= 0.6 is 0 Å². The van der Waals surface area contributed by atoms with Crippen LogP contribution in [0.1, 0.15) is 65.5 Å². The number of carbonyl (C=O) groups excluding carboxylic acids is 2. The highest BCUT2D eigenvalue weighted by Crippen LogP contribution is 2.51. The quantitative estimate of drug-likeness (QED) is 0.0704. The Morgan fingerprint density at radius 2 is 1.15 bits per heavy atom. The summed E-state index contributed by atoms with van der Waals surface area (Å²) in [6.07, 6.45) is 10.0. The number of nitrogens with one attached hydrogen (secondary N) is 1. The molecule has 0 radical (unpaired) electrons. The number of benzene rings is 6. The van der Waals surface area contributed by atoms with E-state index in [2.05, 4.69) is 85.7 Å². The molecule has 0 amide bonds. The Morgan fingerprint density at radius 1 is 0.639 bits per heavy atom. The highest BCUT2D eigenvalue weighted by molar-refractivity contribution is 7.86. The van der Waals surface area contributed by atoms with Gasteiger partial charge in [-0.15, -0.1) is 0 Å². The summed E-state index contributed by atoms with van der Waals surface area (Å²) in [7, 11) is -9.40. The van der Waals surface area contributed by atoms with E-state index in [-0.39, 0.29) is 23.0 Å². The fourth-order valence-electron chi connectivity index (χ4n) is 10.7. The van der Waals surface area contributed by atoms with Crippen LogP contribution in [0.2, 0.25) is 0 Å². The van der Waals surface area contributed by atoms with E-state index < -0.39 is 43.0 Å². The number of rotatable bonds is 12. The molecular formula is C57H55N3O10S2. The van der Waals surface area contributed by atoms with Crippen LogP contribution in [0.5, 0.6) is 0 Å². The molecule has 2 aliphatic heterocycles. The molecule has 6 aromatic rings. The minimum absolute atomic E-state index is 0.0931. The predicted molar refractivity (Wildman–Crippen MR) is 277 cm³/mol. The summed E-state index contributed by atoms with van der Waals surface area (Å²) in [5.41, 5.74) is 9.62. The minimum atomic E-state index is -4.70. The molecule has 0 saturated heterocycles. The Labute approximate surface area is 420 Å². The first-order valence-corrected chi connectivity index (χ1v) is 26.6. The molecule has 0 spiro atoms. The number of para-hydroxylation sites is 2. The Kier molecular flexibility index (Phi) is 13.3. The van der Waals surface area contributed by atoms with E-state index in [0.29, 0.717) is 36.7 Å². The van der Waals surface area contributed by atoms with Gasteiger partial charge in [-0.25, -0.2) is 16.8 Å². The molecule has 13 nitrogen and oxygen atoms in total. The number of anilines is 1. The number of hydrogen-bond acceptors (Lipinski definition) is 11. The smallest absolute Gasteiger partial charge is 0.302 e. The molecule has 1 fully saturated rings. The summed E-state index contributed by atoms with van der Waals surface area (Å²) in [6.45, 7) is 12.2. The molecule has 1 saturated carbocycles. The van der Waals surface area contributed by atoms with Gasteiger partial charge in [-0.3, -0.25) is 14.5 Å².